The van der Waals surface area contributed by atoms with Crippen LogP contribution in [0.4, 0.5) is 0 Å². The molecule has 0 spiro atoms. The molecule has 0 saturated carbocycles. The van der Waals surface area contributed by atoms with Crippen molar-refractivity contribution >= 4 is 17.7 Å². The number of thioether (sulfide) groups is 1. The molecule has 0 aliphatic rings. The van der Waals surface area contributed by atoms with Crippen molar-refractivity contribution in [2.24, 2.45) is 0 Å². The Bertz CT molecular complexity index is 784. The van der Waals surface area contributed by atoms with Gasteiger partial charge >= 0.3 is 5.97 Å². The van der Waals surface area contributed by atoms with E-state index in [0.29, 0.717) is 6.61 Å². The monoisotopic (exact) mass is 877 g/mol. The van der Waals surface area contributed by atoms with Gasteiger partial charge in [0.1, 0.15) is 4.75 Å². The third kappa shape index (κ3) is 44.8. The molecule has 0 aliphatic carbocycles. The van der Waals surface area contributed by atoms with E-state index in [-0.39, 0.29) is 10.7 Å². The van der Waals surface area contributed by atoms with Crippen LogP contribution in [-0.2, 0) is 9.53 Å². The van der Waals surface area contributed by atoms with Gasteiger partial charge in [-0.3, -0.25) is 4.79 Å². The fourth-order valence-corrected chi connectivity index (χ4v) is 11.0. The highest BCUT2D eigenvalue weighted by Gasteiger charge is 2.39. The smallest absolute Gasteiger partial charge is 0.322 e. The van der Waals surface area contributed by atoms with Crippen molar-refractivity contribution in [3.8, 4) is 0 Å². The molecule has 366 valence electrons. The Morgan fingerprint density at radius 1 is 0.295 bits per heavy atom. The number of carbonyl (C=O) groups excluding carboxylic acids is 1. The molecule has 0 saturated heterocycles. The summed E-state index contributed by atoms with van der Waals surface area (Å²) >= 11 is 2.04. The summed E-state index contributed by atoms with van der Waals surface area (Å²) in [5.74, 6) is 1.28. The second kappa shape index (κ2) is 52.4. The lowest BCUT2D eigenvalue weighted by Crippen LogP contribution is -2.38. The molecule has 0 unspecified atom stereocenters. The number of rotatable bonds is 54. The average Bonchev–Trinajstić information content (AvgIpc) is 3.27. The summed E-state index contributed by atoms with van der Waals surface area (Å²) < 4.78 is 5.99. The lowest BCUT2D eigenvalue weighted by molar-refractivity contribution is -0.147. The summed E-state index contributed by atoms with van der Waals surface area (Å²) in [6.45, 7) is 9.87. The molecule has 0 rings (SSSR count). The van der Waals surface area contributed by atoms with Crippen LogP contribution in [0.3, 0.4) is 0 Å². The van der Waals surface area contributed by atoms with Gasteiger partial charge in [-0.25, -0.2) is 0 Å². The van der Waals surface area contributed by atoms with Crippen molar-refractivity contribution in [2.45, 2.75) is 353 Å². The van der Waals surface area contributed by atoms with Gasteiger partial charge in [0, 0.05) is 0 Å². The minimum Gasteiger partial charge on any atom is -0.465 e. The molecule has 3 heteroatoms. The molecule has 0 radical (unpaired) electrons. The van der Waals surface area contributed by atoms with Crippen LogP contribution < -0.4 is 0 Å². The number of esters is 1. The van der Waals surface area contributed by atoms with Crippen molar-refractivity contribution < 1.29 is 9.53 Å². The second-order valence-electron chi connectivity index (χ2n) is 20.0. The van der Waals surface area contributed by atoms with Crippen molar-refractivity contribution in [3.63, 3.8) is 0 Å². The Hall–Kier alpha value is -0.180. The van der Waals surface area contributed by atoms with Crippen LogP contribution in [0.2, 0.25) is 0 Å². The highest BCUT2D eigenvalue weighted by atomic mass is 32.2. The van der Waals surface area contributed by atoms with Gasteiger partial charge in [-0.05, 0) is 31.4 Å². The van der Waals surface area contributed by atoms with E-state index >= 15 is 0 Å². The Balaban J connectivity index is 5.06. The summed E-state index contributed by atoms with van der Waals surface area (Å²) in [6.07, 6.45) is 67.7. The van der Waals surface area contributed by atoms with Crippen LogP contribution in [0, 0.1) is 0 Å². The van der Waals surface area contributed by atoms with Crippen molar-refractivity contribution in [1.29, 1.82) is 0 Å². The maximum absolute atomic E-state index is 14.3. The van der Waals surface area contributed by atoms with Crippen LogP contribution in [0.5, 0.6) is 0 Å². The Kier molecular flexibility index (Phi) is 52.3. The topological polar surface area (TPSA) is 26.3 Å². The van der Waals surface area contributed by atoms with Gasteiger partial charge in [0.05, 0.1) is 6.61 Å². The van der Waals surface area contributed by atoms with Crippen molar-refractivity contribution in [1.82, 2.24) is 0 Å². The van der Waals surface area contributed by atoms with E-state index in [1.165, 1.54) is 302 Å². The van der Waals surface area contributed by atoms with Crippen LogP contribution in [0.25, 0.3) is 0 Å². The summed E-state index contributed by atoms with van der Waals surface area (Å²) in [5.41, 5.74) is 0. The van der Waals surface area contributed by atoms with E-state index in [1.807, 2.05) is 11.8 Å². The fourth-order valence-electron chi connectivity index (χ4n) is 9.49. The molecule has 0 aromatic heterocycles. The van der Waals surface area contributed by atoms with Gasteiger partial charge in [0.2, 0.25) is 0 Å². The lowest BCUT2D eigenvalue weighted by Gasteiger charge is -2.31. The first kappa shape index (κ1) is 60.8. The number of ether oxygens (including phenoxy) is 1. The highest BCUT2D eigenvalue weighted by Crippen LogP contribution is 2.39. The summed E-state index contributed by atoms with van der Waals surface area (Å²) in [4.78, 5) is 14.3. The van der Waals surface area contributed by atoms with E-state index in [1.54, 1.807) is 0 Å². The molecule has 0 aromatic carbocycles. The number of unbranched alkanes of at least 4 members (excludes halogenated alkanes) is 44. The first-order valence-electron chi connectivity index (χ1n) is 29.0. The van der Waals surface area contributed by atoms with Crippen LogP contribution in [0.1, 0.15) is 349 Å². The molecule has 61 heavy (non-hydrogen) atoms. The Morgan fingerprint density at radius 2 is 0.508 bits per heavy atom. The lowest BCUT2D eigenvalue weighted by atomic mass is 9.92. The second-order valence-corrected chi connectivity index (χ2v) is 21.5. The van der Waals surface area contributed by atoms with E-state index in [2.05, 4.69) is 27.7 Å². The van der Waals surface area contributed by atoms with Gasteiger partial charge in [0.15, 0.2) is 0 Å². The Labute approximate surface area is 391 Å². The minimum atomic E-state index is -0.327. The predicted octanol–water partition coefficient (Wildman–Crippen LogP) is 21.6. The zero-order valence-corrected chi connectivity index (χ0v) is 43.8. The van der Waals surface area contributed by atoms with Gasteiger partial charge in [-0.2, -0.15) is 0 Å². The minimum absolute atomic E-state index is 0.158. The average molecular weight is 878 g/mol. The fraction of sp³-hybridized carbons (Fsp3) is 0.983. The van der Waals surface area contributed by atoms with Gasteiger partial charge < -0.3 is 4.74 Å². The molecule has 0 heterocycles. The number of hydrogen-bond donors (Lipinski definition) is 0. The van der Waals surface area contributed by atoms with E-state index in [4.69, 9.17) is 4.74 Å². The third-order valence-corrected chi connectivity index (χ3v) is 15.5. The van der Waals surface area contributed by atoms with Gasteiger partial charge in [0.25, 0.3) is 0 Å². The van der Waals surface area contributed by atoms with E-state index in [0.717, 1.165) is 25.0 Å². The maximum Gasteiger partial charge on any atom is 0.322 e. The maximum atomic E-state index is 14.3. The summed E-state index contributed by atoms with van der Waals surface area (Å²) in [5, 5.41) is 0. The SMILES string of the molecule is CCCCCCCCCCCCCCOC(=O)C(CCCCCCCCCCCCCC)(CCCCCCCCCCCCCC)SCCCCCCCCCCCCCC. The van der Waals surface area contributed by atoms with Crippen LogP contribution in [-0.4, -0.2) is 23.1 Å². The third-order valence-electron chi connectivity index (χ3n) is 13.8. The summed E-state index contributed by atoms with van der Waals surface area (Å²) in [7, 11) is 0. The largest absolute Gasteiger partial charge is 0.465 e. The van der Waals surface area contributed by atoms with Gasteiger partial charge in [-0.15, -0.1) is 11.8 Å². The first-order valence-corrected chi connectivity index (χ1v) is 30.0. The van der Waals surface area contributed by atoms with Crippen molar-refractivity contribution in [3.05, 3.63) is 0 Å². The molecule has 0 aliphatic heterocycles. The first-order chi connectivity index (χ1) is 30.2. The van der Waals surface area contributed by atoms with Crippen LogP contribution in [0.15, 0.2) is 0 Å². The molecule has 0 atom stereocenters. The number of hydrogen-bond acceptors (Lipinski definition) is 3. The van der Waals surface area contributed by atoms with E-state index < -0.39 is 0 Å². The molecule has 2 nitrogen and oxygen atoms in total. The predicted molar refractivity (Wildman–Crippen MR) is 280 cm³/mol. The molecular formula is C58H116O2S. The quantitative estimate of drug-likeness (QED) is 0.0450. The number of carbonyl (C=O) groups is 1. The molecule has 0 amide bonds. The van der Waals surface area contributed by atoms with Crippen molar-refractivity contribution in [2.75, 3.05) is 12.4 Å². The zero-order valence-electron chi connectivity index (χ0n) is 43.0. The molecule has 0 aromatic rings. The summed E-state index contributed by atoms with van der Waals surface area (Å²) in [6, 6.07) is 0. The van der Waals surface area contributed by atoms with E-state index in [9.17, 15) is 4.79 Å². The molecule has 0 bridgehead atoms. The molecule has 0 fully saturated rings. The zero-order chi connectivity index (χ0) is 44.3. The standard InChI is InChI=1S/C58H116O2S/c1-5-9-13-17-21-25-29-33-37-41-45-49-53-58(54-50-46-42-38-34-30-26-22-18-14-10-6-2,61-56-52-48-44-40-36-32-28-24-20-16-12-8-4)57(59)60-55-51-47-43-39-35-31-27-23-19-15-11-7-3/h5-56H2,1-4H3. The normalized spacial score (nSPS) is 11.9. The Morgan fingerprint density at radius 3 is 0.770 bits per heavy atom. The molecular weight excluding hydrogens is 761 g/mol. The molecule has 0 N–H and O–H groups in total. The highest BCUT2D eigenvalue weighted by molar-refractivity contribution is 8.01. The van der Waals surface area contributed by atoms with Gasteiger partial charge in [-0.1, -0.05) is 323 Å². The van der Waals surface area contributed by atoms with Crippen LogP contribution >= 0.6 is 11.8 Å².